The Morgan fingerprint density at radius 3 is 2.28 bits per heavy atom. The quantitative estimate of drug-likeness (QED) is 0.795. The third-order valence-corrected chi connectivity index (χ3v) is 4.81. The van der Waals surface area contributed by atoms with Crippen LogP contribution < -0.4 is 5.73 Å². The molecule has 1 rings (SSSR count). The Balaban J connectivity index is 2.54. The van der Waals surface area contributed by atoms with Crippen molar-refractivity contribution in [2.24, 2.45) is 11.7 Å². The third-order valence-electron chi connectivity index (χ3n) is 4.81. The van der Waals surface area contributed by atoms with Gasteiger partial charge in [0.1, 0.15) is 0 Å². The fraction of sp³-hybridized carbons (Fsp3) is 1.00. The fourth-order valence-electron chi connectivity index (χ4n) is 2.85. The zero-order chi connectivity index (χ0) is 13.8. The van der Waals surface area contributed by atoms with Crippen molar-refractivity contribution in [1.82, 2.24) is 0 Å². The predicted molar refractivity (Wildman–Crippen MR) is 75.7 cm³/mol. The highest BCUT2D eigenvalue weighted by molar-refractivity contribution is 4.95. The van der Waals surface area contributed by atoms with Crippen LogP contribution in [0, 0.1) is 5.92 Å². The molecule has 3 nitrogen and oxygen atoms in total. The van der Waals surface area contributed by atoms with Gasteiger partial charge in [0.25, 0.3) is 0 Å². The lowest BCUT2D eigenvalue weighted by Gasteiger charge is -2.43. The van der Waals surface area contributed by atoms with Gasteiger partial charge in [-0.2, -0.15) is 0 Å². The highest BCUT2D eigenvalue weighted by Crippen LogP contribution is 2.37. The molecule has 0 aromatic heterocycles. The lowest BCUT2D eigenvalue weighted by Crippen LogP contribution is -2.52. The van der Waals surface area contributed by atoms with Crippen LogP contribution in [0.3, 0.4) is 0 Å². The molecule has 2 N–H and O–H groups in total. The van der Waals surface area contributed by atoms with Crippen LogP contribution in [0.15, 0.2) is 0 Å². The van der Waals surface area contributed by atoms with Crippen LogP contribution in [-0.4, -0.2) is 31.5 Å². The first kappa shape index (κ1) is 15.9. The molecule has 0 heterocycles. The summed E-state index contributed by atoms with van der Waals surface area (Å²) in [5.74, 6) is 0.816. The Morgan fingerprint density at radius 1 is 1.28 bits per heavy atom. The highest BCUT2D eigenvalue weighted by atomic mass is 16.5. The lowest BCUT2D eigenvalue weighted by molar-refractivity contribution is -0.0734. The summed E-state index contributed by atoms with van der Waals surface area (Å²) in [7, 11) is 3.58. The Hall–Kier alpha value is -0.120. The molecule has 108 valence electrons. The Labute approximate surface area is 112 Å². The number of ether oxygens (including phenoxy) is 2. The molecule has 0 aliphatic heterocycles. The molecule has 0 spiro atoms. The number of nitrogens with two attached hydrogens (primary N) is 1. The van der Waals surface area contributed by atoms with E-state index in [0.29, 0.717) is 0 Å². The second-order valence-corrected chi connectivity index (χ2v) is 6.56. The molecule has 1 aliphatic carbocycles. The maximum absolute atomic E-state index is 6.42. The van der Waals surface area contributed by atoms with E-state index in [0.717, 1.165) is 31.6 Å². The normalized spacial score (nSPS) is 31.3. The van der Waals surface area contributed by atoms with E-state index in [2.05, 4.69) is 20.8 Å². The molecule has 0 aromatic carbocycles. The average molecular weight is 257 g/mol. The summed E-state index contributed by atoms with van der Waals surface area (Å²) >= 11 is 0. The first-order chi connectivity index (χ1) is 8.35. The van der Waals surface area contributed by atoms with E-state index < -0.39 is 0 Å². The van der Waals surface area contributed by atoms with Crippen LogP contribution in [0.4, 0.5) is 0 Å². The Morgan fingerprint density at radius 2 is 1.83 bits per heavy atom. The zero-order valence-electron chi connectivity index (χ0n) is 12.8. The largest absolute Gasteiger partial charge is 0.379 e. The molecule has 0 saturated heterocycles. The van der Waals surface area contributed by atoms with E-state index in [1.807, 2.05) is 7.11 Å². The van der Waals surface area contributed by atoms with Gasteiger partial charge in [-0.05, 0) is 58.3 Å². The van der Waals surface area contributed by atoms with Crippen molar-refractivity contribution < 1.29 is 9.47 Å². The van der Waals surface area contributed by atoms with E-state index in [4.69, 9.17) is 15.2 Å². The average Bonchev–Trinajstić information content (AvgIpc) is 2.37. The first-order valence-electron chi connectivity index (χ1n) is 7.21. The molecule has 0 bridgehead atoms. The second kappa shape index (κ2) is 6.36. The number of rotatable bonds is 6. The van der Waals surface area contributed by atoms with Crippen LogP contribution in [0.1, 0.15) is 59.3 Å². The van der Waals surface area contributed by atoms with Crippen molar-refractivity contribution >= 4 is 0 Å². The van der Waals surface area contributed by atoms with Gasteiger partial charge in [0, 0.05) is 20.3 Å². The maximum Gasteiger partial charge on any atom is 0.0829 e. The van der Waals surface area contributed by atoms with Gasteiger partial charge in [-0.1, -0.05) is 6.92 Å². The molecule has 1 unspecified atom stereocenters. The van der Waals surface area contributed by atoms with Crippen LogP contribution >= 0.6 is 0 Å². The molecule has 0 aromatic rings. The summed E-state index contributed by atoms with van der Waals surface area (Å²) in [5, 5.41) is 0. The first-order valence-corrected chi connectivity index (χ1v) is 7.21. The highest BCUT2D eigenvalue weighted by Gasteiger charge is 2.40. The van der Waals surface area contributed by atoms with E-state index in [1.165, 1.54) is 12.8 Å². The van der Waals surface area contributed by atoms with Crippen molar-refractivity contribution in [2.45, 2.75) is 76.5 Å². The molecular formula is C15H31NO2. The molecule has 3 heteroatoms. The van der Waals surface area contributed by atoms with E-state index in [9.17, 15) is 0 Å². The van der Waals surface area contributed by atoms with E-state index >= 15 is 0 Å². The SMILES string of the molecule is COC(C)(C)CCC(N)C1(OC)CCC(C)CC1. The minimum atomic E-state index is -0.101. The van der Waals surface area contributed by atoms with Gasteiger partial charge < -0.3 is 15.2 Å². The van der Waals surface area contributed by atoms with Crippen LogP contribution in [0.5, 0.6) is 0 Å². The summed E-state index contributed by atoms with van der Waals surface area (Å²) in [5.41, 5.74) is 6.23. The van der Waals surface area contributed by atoms with Crippen molar-refractivity contribution in [1.29, 1.82) is 0 Å². The monoisotopic (exact) mass is 257 g/mol. The van der Waals surface area contributed by atoms with E-state index in [1.54, 1.807) is 7.11 Å². The van der Waals surface area contributed by atoms with E-state index in [-0.39, 0.29) is 17.2 Å². The standard InChI is InChI=1S/C15H31NO2/c1-12-6-10-15(18-5,11-7-12)13(16)8-9-14(2,3)17-4/h12-13H,6-11,16H2,1-5H3. The van der Waals surface area contributed by atoms with Gasteiger partial charge in [-0.15, -0.1) is 0 Å². The minimum Gasteiger partial charge on any atom is -0.379 e. The molecule has 1 atom stereocenters. The van der Waals surface area contributed by atoms with Crippen molar-refractivity contribution in [3.63, 3.8) is 0 Å². The predicted octanol–water partition coefficient (Wildman–Crippen LogP) is 3.11. The number of hydrogen-bond acceptors (Lipinski definition) is 3. The maximum atomic E-state index is 6.42. The molecule has 1 fully saturated rings. The fourth-order valence-corrected chi connectivity index (χ4v) is 2.85. The molecule has 1 saturated carbocycles. The number of methoxy groups -OCH3 is 2. The van der Waals surface area contributed by atoms with Gasteiger partial charge in [0.2, 0.25) is 0 Å². The summed E-state index contributed by atoms with van der Waals surface area (Å²) in [6.45, 7) is 6.55. The summed E-state index contributed by atoms with van der Waals surface area (Å²) in [6.07, 6.45) is 6.59. The topological polar surface area (TPSA) is 44.5 Å². The smallest absolute Gasteiger partial charge is 0.0829 e. The van der Waals surface area contributed by atoms with Crippen LogP contribution in [0.25, 0.3) is 0 Å². The van der Waals surface area contributed by atoms with Gasteiger partial charge in [-0.25, -0.2) is 0 Å². The van der Waals surface area contributed by atoms with Gasteiger partial charge in [-0.3, -0.25) is 0 Å². The molecule has 18 heavy (non-hydrogen) atoms. The summed E-state index contributed by atoms with van der Waals surface area (Å²) in [4.78, 5) is 0. The molecule has 0 amide bonds. The second-order valence-electron chi connectivity index (χ2n) is 6.56. The molecule has 0 radical (unpaired) electrons. The zero-order valence-corrected chi connectivity index (χ0v) is 12.8. The lowest BCUT2D eigenvalue weighted by atomic mass is 9.74. The van der Waals surface area contributed by atoms with Crippen LogP contribution in [0.2, 0.25) is 0 Å². The van der Waals surface area contributed by atoms with Gasteiger partial charge >= 0.3 is 0 Å². The Kier molecular flexibility index (Phi) is 5.63. The van der Waals surface area contributed by atoms with Gasteiger partial charge in [0.05, 0.1) is 11.2 Å². The van der Waals surface area contributed by atoms with Gasteiger partial charge in [0.15, 0.2) is 0 Å². The van der Waals surface area contributed by atoms with Crippen molar-refractivity contribution in [3.05, 3.63) is 0 Å². The number of hydrogen-bond donors (Lipinski definition) is 1. The third kappa shape index (κ3) is 3.94. The Bertz CT molecular complexity index is 245. The molecule has 1 aliphatic rings. The summed E-state index contributed by atoms with van der Waals surface area (Å²) < 4.78 is 11.3. The van der Waals surface area contributed by atoms with Crippen molar-refractivity contribution in [3.8, 4) is 0 Å². The molecular weight excluding hydrogens is 226 g/mol. The summed E-state index contributed by atoms with van der Waals surface area (Å²) in [6, 6.07) is 0.115. The minimum absolute atomic E-state index is 0.0888. The van der Waals surface area contributed by atoms with Crippen LogP contribution in [-0.2, 0) is 9.47 Å². The van der Waals surface area contributed by atoms with Crippen molar-refractivity contribution in [2.75, 3.05) is 14.2 Å².